The summed E-state index contributed by atoms with van der Waals surface area (Å²) < 4.78 is 16.3. The lowest BCUT2D eigenvalue weighted by Gasteiger charge is -2.19. The fraction of sp³-hybridized carbons (Fsp3) is 1.00. The SMILES string of the molecule is COC(C)C(C)NCCCOCC1CCCO1. The molecule has 1 aliphatic heterocycles. The Hall–Kier alpha value is -0.160. The molecule has 0 aromatic heterocycles. The van der Waals surface area contributed by atoms with E-state index in [1.54, 1.807) is 7.11 Å². The summed E-state index contributed by atoms with van der Waals surface area (Å²) in [6.45, 7) is 7.65. The average molecular weight is 245 g/mol. The average Bonchev–Trinajstić information content (AvgIpc) is 2.85. The van der Waals surface area contributed by atoms with E-state index < -0.39 is 0 Å². The van der Waals surface area contributed by atoms with Crippen molar-refractivity contribution in [3.8, 4) is 0 Å². The minimum absolute atomic E-state index is 0.253. The van der Waals surface area contributed by atoms with Gasteiger partial charge >= 0.3 is 0 Å². The predicted octanol–water partition coefficient (Wildman–Crippen LogP) is 1.59. The molecule has 1 saturated heterocycles. The Kier molecular flexibility index (Phi) is 7.77. The summed E-state index contributed by atoms with van der Waals surface area (Å²) >= 11 is 0. The second-order valence-corrected chi connectivity index (χ2v) is 4.75. The van der Waals surface area contributed by atoms with Gasteiger partial charge in [0, 0.05) is 26.4 Å². The standard InChI is InChI=1S/C13H27NO3/c1-11(12(2)15-3)14-7-5-8-16-10-13-6-4-9-17-13/h11-14H,4-10H2,1-3H3. The summed E-state index contributed by atoms with van der Waals surface area (Å²) in [6.07, 6.45) is 3.97. The summed E-state index contributed by atoms with van der Waals surface area (Å²) in [4.78, 5) is 0. The molecule has 0 saturated carbocycles. The van der Waals surface area contributed by atoms with Crippen LogP contribution in [0.4, 0.5) is 0 Å². The van der Waals surface area contributed by atoms with Gasteiger partial charge in [0.05, 0.1) is 18.8 Å². The molecule has 1 N–H and O–H groups in total. The highest BCUT2D eigenvalue weighted by Gasteiger charge is 2.15. The van der Waals surface area contributed by atoms with Crippen LogP contribution >= 0.6 is 0 Å². The maximum Gasteiger partial charge on any atom is 0.0809 e. The van der Waals surface area contributed by atoms with E-state index >= 15 is 0 Å². The lowest BCUT2D eigenvalue weighted by Crippen LogP contribution is -2.37. The topological polar surface area (TPSA) is 39.7 Å². The van der Waals surface area contributed by atoms with Crippen LogP contribution in [0.5, 0.6) is 0 Å². The quantitative estimate of drug-likeness (QED) is 0.626. The summed E-state index contributed by atoms with van der Waals surface area (Å²) in [5.74, 6) is 0. The minimum Gasteiger partial charge on any atom is -0.380 e. The Morgan fingerprint density at radius 1 is 1.41 bits per heavy atom. The zero-order valence-electron chi connectivity index (χ0n) is 11.4. The van der Waals surface area contributed by atoms with Gasteiger partial charge in [-0.15, -0.1) is 0 Å². The Morgan fingerprint density at radius 3 is 2.88 bits per heavy atom. The van der Waals surface area contributed by atoms with E-state index in [0.717, 1.165) is 39.2 Å². The third-order valence-corrected chi connectivity index (χ3v) is 3.34. The second kappa shape index (κ2) is 8.86. The predicted molar refractivity (Wildman–Crippen MR) is 68.3 cm³/mol. The van der Waals surface area contributed by atoms with Gasteiger partial charge in [-0.2, -0.15) is 0 Å². The molecule has 0 radical (unpaired) electrons. The molecule has 1 aliphatic rings. The molecule has 0 amide bonds. The molecule has 4 nitrogen and oxygen atoms in total. The van der Waals surface area contributed by atoms with Crippen LogP contribution in [-0.4, -0.2) is 51.7 Å². The monoisotopic (exact) mass is 245 g/mol. The molecule has 0 aromatic rings. The maximum absolute atomic E-state index is 5.59. The first-order chi connectivity index (χ1) is 8.24. The number of hydrogen-bond acceptors (Lipinski definition) is 4. The molecule has 17 heavy (non-hydrogen) atoms. The molecule has 0 spiro atoms. The van der Waals surface area contributed by atoms with Gasteiger partial charge in [0.1, 0.15) is 0 Å². The molecule has 4 heteroatoms. The number of methoxy groups -OCH3 is 1. The van der Waals surface area contributed by atoms with Crippen LogP contribution in [0.15, 0.2) is 0 Å². The van der Waals surface area contributed by atoms with Crippen LogP contribution < -0.4 is 5.32 Å². The van der Waals surface area contributed by atoms with Gasteiger partial charge in [-0.1, -0.05) is 0 Å². The smallest absolute Gasteiger partial charge is 0.0809 e. The van der Waals surface area contributed by atoms with E-state index in [9.17, 15) is 0 Å². The fourth-order valence-corrected chi connectivity index (χ4v) is 1.86. The number of rotatable bonds is 9. The lowest BCUT2D eigenvalue weighted by molar-refractivity contribution is 0.0161. The van der Waals surface area contributed by atoms with E-state index in [1.165, 1.54) is 6.42 Å². The van der Waals surface area contributed by atoms with Gasteiger partial charge < -0.3 is 19.5 Å². The largest absolute Gasteiger partial charge is 0.380 e. The number of nitrogens with one attached hydrogen (secondary N) is 1. The van der Waals surface area contributed by atoms with Crippen molar-refractivity contribution in [1.82, 2.24) is 5.32 Å². The molecule has 1 rings (SSSR count). The first kappa shape index (κ1) is 14.9. The van der Waals surface area contributed by atoms with Crippen molar-refractivity contribution >= 4 is 0 Å². The first-order valence-corrected chi connectivity index (χ1v) is 6.69. The zero-order chi connectivity index (χ0) is 12.5. The van der Waals surface area contributed by atoms with E-state index in [2.05, 4.69) is 19.2 Å². The number of hydrogen-bond donors (Lipinski definition) is 1. The summed E-state index contributed by atoms with van der Waals surface area (Å²) in [5, 5.41) is 3.43. The van der Waals surface area contributed by atoms with Gasteiger partial charge in [0.15, 0.2) is 0 Å². The highest BCUT2D eigenvalue weighted by molar-refractivity contribution is 4.67. The minimum atomic E-state index is 0.253. The summed E-state index contributed by atoms with van der Waals surface area (Å²) in [5.41, 5.74) is 0. The van der Waals surface area contributed by atoms with Crippen LogP contribution in [0.1, 0.15) is 33.1 Å². The maximum atomic E-state index is 5.59. The molecule has 1 fully saturated rings. The van der Waals surface area contributed by atoms with E-state index in [1.807, 2.05) is 0 Å². The van der Waals surface area contributed by atoms with Gasteiger partial charge in [0.2, 0.25) is 0 Å². The van der Waals surface area contributed by atoms with E-state index in [-0.39, 0.29) is 6.10 Å². The Balaban J connectivity index is 1.86. The van der Waals surface area contributed by atoms with Gasteiger partial charge in [-0.3, -0.25) is 0 Å². The van der Waals surface area contributed by atoms with Crippen molar-refractivity contribution in [2.24, 2.45) is 0 Å². The van der Waals surface area contributed by atoms with E-state index in [4.69, 9.17) is 14.2 Å². The number of ether oxygens (including phenoxy) is 3. The third kappa shape index (κ3) is 6.36. The van der Waals surface area contributed by atoms with Crippen LogP contribution in [0, 0.1) is 0 Å². The highest BCUT2D eigenvalue weighted by atomic mass is 16.5. The Bertz CT molecular complexity index is 184. The fourth-order valence-electron chi connectivity index (χ4n) is 1.86. The molecule has 0 aliphatic carbocycles. The highest BCUT2D eigenvalue weighted by Crippen LogP contribution is 2.11. The summed E-state index contributed by atoms with van der Waals surface area (Å²) in [7, 11) is 1.74. The van der Waals surface area contributed by atoms with Gasteiger partial charge in [-0.05, 0) is 39.7 Å². The van der Waals surface area contributed by atoms with Crippen molar-refractivity contribution in [2.45, 2.75) is 51.4 Å². The van der Waals surface area contributed by atoms with Gasteiger partial charge in [0.25, 0.3) is 0 Å². The van der Waals surface area contributed by atoms with Crippen molar-refractivity contribution < 1.29 is 14.2 Å². The molecular formula is C13H27NO3. The molecule has 3 atom stereocenters. The van der Waals surface area contributed by atoms with Crippen molar-refractivity contribution in [3.05, 3.63) is 0 Å². The lowest BCUT2D eigenvalue weighted by atomic mass is 10.2. The van der Waals surface area contributed by atoms with E-state index in [0.29, 0.717) is 12.1 Å². The molecule has 0 aromatic carbocycles. The van der Waals surface area contributed by atoms with Crippen molar-refractivity contribution in [3.63, 3.8) is 0 Å². The van der Waals surface area contributed by atoms with Crippen molar-refractivity contribution in [1.29, 1.82) is 0 Å². The first-order valence-electron chi connectivity index (χ1n) is 6.69. The van der Waals surface area contributed by atoms with Crippen LogP contribution in [-0.2, 0) is 14.2 Å². The molecule has 1 heterocycles. The van der Waals surface area contributed by atoms with Crippen LogP contribution in [0.25, 0.3) is 0 Å². The Morgan fingerprint density at radius 2 is 2.24 bits per heavy atom. The van der Waals surface area contributed by atoms with Crippen molar-refractivity contribution in [2.75, 3.05) is 33.5 Å². The molecule has 102 valence electrons. The normalized spacial score (nSPS) is 23.8. The summed E-state index contributed by atoms with van der Waals surface area (Å²) in [6, 6.07) is 0.387. The second-order valence-electron chi connectivity index (χ2n) is 4.75. The van der Waals surface area contributed by atoms with Crippen LogP contribution in [0.2, 0.25) is 0 Å². The van der Waals surface area contributed by atoms with Crippen LogP contribution in [0.3, 0.4) is 0 Å². The van der Waals surface area contributed by atoms with Gasteiger partial charge in [-0.25, -0.2) is 0 Å². The molecule has 3 unspecified atom stereocenters. The third-order valence-electron chi connectivity index (χ3n) is 3.34. The molecule has 0 bridgehead atoms. The zero-order valence-corrected chi connectivity index (χ0v) is 11.4. The molecular weight excluding hydrogens is 218 g/mol. The Labute approximate surface area is 105 Å².